The van der Waals surface area contributed by atoms with Gasteiger partial charge < -0.3 is 39.4 Å². The fourth-order valence-corrected chi connectivity index (χ4v) is 10.8. The van der Waals surface area contributed by atoms with Crippen LogP contribution in [0.15, 0.2) is 48.5 Å². The monoisotopic (exact) mass is 993 g/mol. The molecule has 0 aromatic heterocycles. The van der Waals surface area contributed by atoms with Crippen LogP contribution in [0.25, 0.3) is 0 Å². The maximum absolute atomic E-state index is 10.3. The summed E-state index contributed by atoms with van der Waals surface area (Å²) < 4.78 is 26.9. The standard InChI is InChI=1S/C64H96O8/c1-5-9-13-17-21-25-49-37-53-45-55-39-50(26-22-18-14-10-6-2)41-57(62(55)70-34-30-66)47-59-43-52(28-24-20-16-12-8-4)44-60(64(59)72-36-32-68)48-58-42-51(27-23-19-15-11-7-3)40-56(63(58)71-35-31-67)46-54(38-49)61(53)69-33-29-65/h37-44,65-68H,5-36,45-48H2,1-4H3. The maximum Gasteiger partial charge on any atom is 0.126 e. The second-order valence-electron chi connectivity index (χ2n) is 20.6. The summed E-state index contributed by atoms with van der Waals surface area (Å²) in [6, 6.07) is 18.7. The molecule has 0 atom stereocenters. The summed E-state index contributed by atoms with van der Waals surface area (Å²) in [5, 5.41) is 41.3. The number of benzene rings is 4. The highest BCUT2D eigenvalue weighted by atomic mass is 16.5. The van der Waals surface area contributed by atoms with Crippen LogP contribution >= 0.6 is 0 Å². The van der Waals surface area contributed by atoms with Gasteiger partial charge >= 0.3 is 0 Å². The Balaban J connectivity index is 1.85. The number of aryl methyl sites for hydroxylation is 4. The summed E-state index contributed by atoms with van der Waals surface area (Å²) in [4.78, 5) is 0. The van der Waals surface area contributed by atoms with E-state index in [1.54, 1.807) is 0 Å². The van der Waals surface area contributed by atoms with Crippen LogP contribution in [0.2, 0.25) is 0 Å². The van der Waals surface area contributed by atoms with Crippen LogP contribution in [0.3, 0.4) is 0 Å². The zero-order valence-electron chi connectivity index (χ0n) is 45.5. The van der Waals surface area contributed by atoms with Crippen molar-refractivity contribution in [1.29, 1.82) is 0 Å². The molecule has 1 aliphatic carbocycles. The number of hydrogen-bond donors (Lipinski definition) is 4. The highest BCUT2D eigenvalue weighted by Crippen LogP contribution is 2.41. The van der Waals surface area contributed by atoms with Gasteiger partial charge in [0.1, 0.15) is 49.4 Å². The number of hydrogen-bond acceptors (Lipinski definition) is 8. The Hall–Kier alpha value is -4.08. The normalized spacial score (nSPS) is 12.3. The average molecular weight is 993 g/mol. The van der Waals surface area contributed by atoms with Crippen LogP contribution in [-0.4, -0.2) is 73.3 Å². The average Bonchev–Trinajstić information content (AvgIpc) is 3.37. The second-order valence-corrected chi connectivity index (χ2v) is 20.6. The third kappa shape index (κ3) is 19.3. The first-order chi connectivity index (χ1) is 35.4. The lowest BCUT2D eigenvalue weighted by Gasteiger charge is -2.25. The summed E-state index contributed by atoms with van der Waals surface area (Å²) in [5.74, 6) is 3.16. The van der Waals surface area contributed by atoms with Crippen LogP contribution in [0.4, 0.5) is 0 Å². The molecule has 0 heterocycles. The Bertz CT molecular complexity index is 1750. The lowest BCUT2D eigenvalue weighted by atomic mass is 9.87. The molecule has 0 unspecified atom stereocenters. The Labute approximate surface area is 436 Å². The van der Waals surface area contributed by atoms with E-state index >= 15 is 0 Å². The van der Waals surface area contributed by atoms with Gasteiger partial charge in [-0.2, -0.15) is 0 Å². The van der Waals surface area contributed by atoms with E-state index in [2.05, 4.69) is 76.2 Å². The lowest BCUT2D eigenvalue weighted by Crippen LogP contribution is -2.13. The van der Waals surface area contributed by atoms with Crippen molar-refractivity contribution in [2.75, 3.05) is 52.9 Å². The molecule has 0 radical (unpaired) electrons. The second kappa shape index (κ2) is 34.4. The smallest absolute Gasteiger partial charge is 0.126 e. The van der Waals surface area contributed by atoms with E-state index < -0.39 is 0 Å². The zero-order valence-corrected chi connectivity index (χ0v) is 45.5. The summed E-state index contributed by atoms with van der Waals surface area (Å²) in [7, 11) is 0. The van der Waals surface area contributed by atoms with Gasteiger partial charge in [-0.05, 0) is 118 Å². The number of ether oxygens (including phenoxy) is 4. The molecule has 4 aromatic rings. The van der Waals surface area contributed by atoms with Gasteiger partial charge in [-0.25, -0.2) is 0 Å². The third-order valence-electron chi connectivity index (χ3n) is 14.4. The van der Waals surface area contributed by atoms with E-state index in [0.717, 1.165) is 119 Å². The van der Waals surface area contributed by atoms with Crippen LogP contribution in [-0.2, 0) is 51.4 Å². The summed E-state index contributed by atoms with van der Waals surface area (Å²) >= 11 is 0. The summed E-state index contributed by atoms with van der Waals surface area (Å²) in [6.45, 7) is 9.26. The molecule has 400 valence electrons. The molecule has 8 heteroatoms. The molecule has 0 saturated heterocycles. The molecule has 1 aliphatic rings. The zero-order chi connectivity index (χ0) is 51.2. The van der Waals surface area contributed by atoms with Crippen LogP contribution in [0.1, 0.15) is 223 Å². The van der Waals surface area contributed by atoms with Crippen molar-refractivity contribution >= 4 is 0 Å². The van der Waals surface area contributed by atoms with Gasteiger partial charge in [-0.15, -0.1) is 0 Å². The van der Waals surface area contributed by atoms with Gasteiger partial charge in [-0.3, -0.25) is 0 Å². The van der Waals surface area contributed by atoms with E-state index in [1.165, 1.54) is 125 Å². The molecule has 72 heavy (non-hydrogen) atoms. The minimum atomic E-state index is -0.109. The van der Waals surface area contributed by atoms with E-state index in [-0.39, 0.29) is 52.9 Å². The highest BCUT2D eigenvalue weighted by Gasteiger charge is 2.25. The molecule has 4 N–H and O–H groups in total. The number of unbranched alkanes of at least 4 members (excludes halogenated alkanes) is 16. The minimum Gasteiger partial charge on any atom is -0.491 e. The molecular weight excluding hydrogens is 897 g/mol. The Morgan fingerprint density at radius 1 is 0.278 bits per heavy atom. The van der Waals surface area contributed by atoms with Gasteiger partial charge in [0.2, 0.25) is 0 Å². The molecule has 0 saturated carbocycles. The van der Waals surface area contributed by atoms with Crippen LogP contribution in [0, 0.1) is 0 Å². The van der Waals surface area contributed by atoms with E-state index in [0.29, 0.717) is 25.7 Å². The molecule has 0 amide bonds. The molecule has 4 aromatic carbocycles. The predicted octanol–water partition coefficient (Wildman–Crippen LogP) is 13.9. The Kier molecular flexibility index (Phi) is 28.1. The van der Waals surface area contributed by atoms with Crippen molar-refractivity contribution in [1.82, 2.24) is 0 Å². The van der Waals surface area contributed by atoms with Gasteiger partial charge in [0.25, 0.3) is 0 Å². The van der Waals surface area contributed by atoms with E-state index in [4.69, 9.17) is 18.9 Å². The van der Waals surface area contributed by atoms with E-state index in [9.17, 15) is 20.4 Å². The minimum absolute atomic E-state index is 0.109. The Morgan fingerprint density at radius 2 is 0.458 bits per heavy atom. The first kappa shape index (κ1) is 58.8. The van der Waals surface area contributed by atoms with Crippen molar-refractivity contribution < 1.29 is 39.4 Å². The summed E-state index contributed by atoms with van der Waals surface area (Å²) in [5.41, 5.74) is 13.5. The molecule has 0 spiro atoms. The van der Waals surface area contributed by atoms with Crippen molar-refractivity contribution in [3.8, 4) is 23.0 Å². The molecule has 8 nitrogen and oxygen atoms in total. The topological polar surface area (TPSA) is 118 Å². The number of aliphatic hydroxyl groups is 4. The molecule has 8 bridgehead atoms. The van der Waals surface area contributed by atoms with Gasteiger partial charge in [-0.1, -0.05) is 179 Å². The van der Waals surface area contributed by atoms with Crippen LogP contribution in [0.5, 0.6) is 23.0 Å². The lowest BCUT2D eigenvalue weighted by molar-refractivity contribution is 0.197. The van der Waals surface area contributed by atoms with Crippen molar-refractivity contribution in [3.63, 3.8) is 0 Å². The molecule has 0 fully saturated rings. The fraction of sp³-hybridized carbons (Fsp3) is 0.625. The van der Waals surface area contributed by atoms with Crippen LogP contribution < -0.4 is 18.9 Å². The summed E-state index contributed by atoms with van der Waals surface area (Å²) in [6.07, 6.45) is 29.7. The maximum atomic E-state index is 10.3. The number of aliphatic hydroxyl groups excluding tert-OH is 4. The first-order valence-corrected chi connectivity index (χ1v) is 28.9. The third-order valence-corrected chi connectivity index (χ3v) is 14.4. The fourth-order valence-electron chi connectivity index (χ4n) is 10.8. The number of rotatable bonds is 36. The molecular formula is C64H96O8. The van der Waals surface area contributed by atoms with Crippen molar-refractivity contribution in [2.24, 2.45) is 0 Å². The molecule has 0 aliphatic heterocycles. The van der Waals surface area contributed by atoms with Crippen molar-refractivity contribution in [3.05, 3.63) is 115 Å². The SMILES string of the molecule is CCCCCCCc1cc2c(OCCO)c(c1)Cc1cc(CCCCCCC)cc(c1OCCO)Cc1cc(CCCCCCC)cc(c1OCCO)Cc1cc(CCCCCCC)cc(c1OCCO)C2. The largest absolute Gasteiger partial charge is 0.491 e. The van der Waals surface area contributed by atoms with Gasteiger partial charge in [0, 0.05) is 25.7 Å². The first-order valence-electron chi connectivity index (χ1n) is 28.9. The molecule has 5 rings (SSSR count). The van der Waals surface area contributed by atoms with Gasteiger partial charge in [0.05, 0.1) is 26.4 Å². The van der Waals surface area contributed by atoms with E-state index in [1.807, 2.05) is 0 Å². The van der Waals surface area contributed by atoms with Crippen molar-refractivity contribution in [2.45, 2.75) is 207 Å². The quantitative estimate of drug-likeness (QED) is 0.0293. The predicted molar refractivity (Wildman–Crippen MR) is 297 cm³/mol. The Morgan fingerprint density at radius 3 is 0.625 bits per heavy atom. The number of fused-ring (bicyclic) bond motifs is 8. The highest BCUT2D eigenvalue weighted by molar-refractivity contribution is 5.59. The van der Waals surface area contributed by atoms with Gasteiger partial charge in [0.15, 0.2) is 0 Å².